The van der Waals surface area contributed by atoms with Crippen LogP contribution in [-0.2, 0) is 0 Å². The molecule has 0 amide bonds. The number of halogens is 3. The van der Waals surface area contributed by atoms with E-state index in [4.69, 9.17) is 5.73 Å². The molecule has 6 heteroatoms. The van der Waals surface area contributed by atoms with Crippen molar-refractivity contribution in [2.45, 2.75) is 37.8 Å². The van der Waals surface area contributed by atoms with Gasteiger partial charge >= 0.3 is 0 Å². The van der Waals surface area contributed by atoms with Crippen molar-refractivity contribution >= 4 is 21.7 Å². The van der Waals surface area contributed by atoms with Gasteiger partial charge in [0.1, 0.15) is 4.60 Å². The van der Waals surface area contributed by atoms with Gasteiger partial charge in [-0.25, -0.2) is 13.8 Å². The molecule has 94 valence electrons. The van der Waals surface area contributed by atoms with Gasteiger partial charge in [-0.1, -0.05) is 0 Å². The van der Waals surface area contributed by atoms with Gasteiger partial charge in [-0.05, 0) is 41.6 Å². The molecule has 1 unspecified atom stereocenters. The van der Waals surface area contributed by atoms with Gasteiger partial charge in [-0.3, -0.25) is 0 Å². The Bertz CT molecular complexity index is 414. The van der Waals surface area contributed by atoms with Crippen molar-refractivity contribution in [3.63, 3.8) is 0 Å². The Morgan fingerprint density at radius 1 is 1.35 bits per heavy atom. The summed E-state index contributed by atoms with van der Waals surface area (Å²) in [5.74, 6) is -1.30. The summed E-state index contributed by atoms with van der Waals surface area (Å²) in [5, 5.41) is 2.98. The molecule has 3 N–H and O–H groups in total. The molecule has 1 aromatic rings. The highest BCUT2D eigenvalue weighted by atomic mass is 79.9. The van der Waals surface area contributed by atoms with E-state index in [9.17, 15) is 8.78 Å². The summed E-state index contributed by atoms with van der Waals surface area (Å²) < 4.78 is 26.5. The molecule has 0 aliphatic heterocycles. The van der Waals surface area contributed by atoms with Crippen molar-refractivity contribution in [1.29, 1.82) is 0 Å². The van der Waals surface area contributed by atoms with E-state index >= 15 is 0 Å². The number of nitrogens with one attached hydrogen (secondary N) is 1. The van der Waals surface area contributed by atoms with Crippen molar-refractivity contribution in [3.8, 4) is 0 Å². The van der Waals surface area contributed by atoms with Crippen LogP contribution in [0.4, 0.5) is 14.6 Å². The normalized spacial score (nSPS) is 24.7. The number of rotatable bonds is 2. The highest BCUT2D eigenvalue weighted by Gasteiger charge is 2.21. The van der Waals surface area contributed by atoms with E-state index in [1.807, 2.05) is 0 Å². The van der Waals surface area contributed by atoms with Crippen LogP contribution < -0.4 is 11.1 Å². The van der Waals surface area contributed by atoms with Crippen LogP contribution in [0.2, 0.25) is 0 Å². The quantitative estimate of drug-likeness (QED) is 0.826. The second-order valence-corrected chi connectivity index (χ2v) is 5.11. The summed E-state index contributed by atoms with van der Waals surface area (Å²) in [4.78, 5) is 3.81. The predicted molar refractivity (Wildman–Crippen MR) is 65.7 cm³/mol. The summed E-state index contributed by atoms with van der Waals surface area (Å²) in [7, 11) is 0. The number of hydrogen-bond donors (Lipinski definition) is 2. The summed E-state index contributed by atoms with van der Waals surface area (Å²) >= 11 is 2.94. The average molecular weight is 306 g/mol. The van der Waals surface area contributed by atoms with Gasteiger partial charge in [0, 0.05) is 18.2 Å². The molecule has 1 aliphatic carbocycles. The third kappa shape index (κ3) is 3.13. The van der Waals surface area contributed by atoms with Crippen LogP contribution in [0.1, 0.15) is 25.7 Å². The van der Waals surface area contributed by atoms with Crippen LogP contribution in [0.5, 0.6) is 0 Å². The Morgan fingerprint density at radius 3 is 2.82 bits per heavy atom. The summed E-state index contributed by atoms with van der Waals surface area (Å²) in [5.41, 5.74) is 5.85. The Morgan fingerprint density at radius 2 is 2.12 bits per heavy atom. The number of anilines is 1. The number of hydrogen-bond acceptors (Lipinski definition) is 3. The lowest BCUT2D eigenvalue weighted by molar-refractivity contribution is 0.407. The molecule has 0 spiro atoms. The standard InChI is InChI=1S/C11H14BrF2N3/c12-10-8(13)5-9(14)11(17-10)16-7-3-1-2-6(15)4-7/h5-7H,1-4,15H2,(H,16,17)/t6-,7?/m0/s1. The van der Waals surface area contributed by atoms with E-state index in [0.717, 1.165) is 31.7 Å². The first-order valence-electron chi connectivity index (χ1n) is 5.60. The number of nitrogens with zero attached hydrogens (tertiary/aromatic N) is 1. The van der Waals surface area contributed by atoms with Gasteiger partial charge in [0.2, 0.25) is 0 Å². The van der Waals surface area contributed by atoms with Crippen LogP contribution in [0.3, 0.4) is 0 Å². The fourth-order valence-corrected chi connectivity index (χ4v) is 2.39. The van der Waals surface area contributed by atoms with Gasteiger partial charge in [0.15, 0.2) is 17.5 Å². The van der Waals surface area contributed by atoms with Crippen molar-refractivity contribution in [2.75, 3.05) is 5.32 Å². The monoisotopic (exact) mass is 305 g/mol. The minimum absolute atomic E-state index is 0.0153. The third-order valence-corrected chi connectivity index (χ3v) is 3.50. The zero-order chi connectivity index (χ0) is 12.4. The average Bonchev–Trinajstić information content (AvgIpc) is 2.26. The molecule has 17 heavy (non-hydrogen) atoms. The van der Waals surface area contributed by atoms with Crippen LogP contribution >= 0.6 is 15.9 Å². The molecule has 2 atom stereocenters. The van der Waals surface area contributed by atoms with Gasteiger partial charge in [0.25, 0.3) is 0 Å². The molecule has 2 rings (SSSR count). The largest absolute Gasteiger partial charge is 0.365 e. The molecule has 0 aromatic carbocycles. The second kappa shape index (κ2) is 5.27. The summed E-state index contributed by atoms with van der Waals surface area (Å²) in [6, 6.07) is 1.08. The lowest BCUT2D eigenvalue weighted by atomic mass is 9.92. The van der Waals surface area contributed by atoms with Gasteiger partial charge in [-0.15, -0.1) is 0 Å². The molecule has 0 bridgehead atoms. The Hall–Kier alpha value is -0.750. The first kappa shape index (κ1) is 12.7. The van der Waals surface area contributed by atoms with Crippen molar-refractivity contribution in [2.24, 2.45) is 5.73 Å². The van der Waals surface area contributed by atoms with E-state index in [2.05, 4.69) is 26.2 Å². The number of aromatic nitrogens is 1. The molecule has 1 aliphatic rings. The molecular formula is C11H14BrF2N3. The molecule has 1 aromatic heterocycles. The Balaban J connectivity index is 2.10. The molecule has 1 saturated carbocycles. The Kier molecular flexibility index (Phi) is 3.93. The summed E-state index contributed by atoms with van der Waals surface area (Å²) in [6.07, 6.45) is 3.74. The fourth-order valence-electron chi connectivity index (χ4n) is 2.10. The van der Waals surface area contributed by atoms with E-state index in [1.165, 1.54) is 0 Å². The van der Waals surface area contributed by atoms with Crippen molar-refractivity contribution in [3.05, 3.63) is 22.3 Å². The van der Waals surface area contributed by atoms with Gasteiger partial charge in [0.05, 0.1) is 0 Å². The molecular weight excluding hydrogens is 292 g/mol. The van der Waals surface area contributed by atoms with Crippen LogP contribution in [0.15, 0.2) is 10.7 Å². The van der Waals surface area contributed by atoms with Crippen molar-refractivity contribution in [1.82, 2.24) is 4.98 Å². The lowest BCUT2D eigenvalue weighted by Crippen LogP contribution is -2.35. The number of nitrogens with two attached hydrogens (primary N) is 1. The zero-order valence-electron chi connectivity index (χ0n) is 9.22. The van der Waals surface area contributed by atoms with E-state index in [1.54, 1.807) is 0 Å². The smallest absolute Gasteiger partial charge is 0.168 e. The molecule has 1 heterocycles. The Labute approximate surface area is 107 Å². The van der Waals surface area contributed by atoms with E-state index in [0.29, 0.717) is 0 Å². The topological polar surface area (TPSA) is 50.9 Å². The highest BCUT2D eigenvalue weighted by molar-refractivity contribution is 9.10. The second-order valence-electron chi connectivity index (χ2n) is 4.36. The van der Waals surface area contributed by atoms with E-state index < -0.39 is 11.6 Å². The minimum Gasteiger partial charge on any atom is -0.365 e. The maximum Gasteiger partial charge on any atom is 0.168 e. The maximum absolute atomic E-state index is 13.5. The summed E-state index contributed by atoms with van der Waals surface area (Å²) in [6.45, 7) is 0. The first-order chi connectivity index (χ1) is 8.06. The maximum atomic E-state index is 13.5. The predicted octanol–water partition coefficient (Wildman–Crippen LogP) is 2.80. The zero-order valence-corrected chi connectivity index (χ0v) is 10.8. The number of pyridine rings is 1. The van der Waals surface area contributed by atoms with Crippen LogP contribution in [0, 0.1) is 11.6 Å². The third-order valence-electron chi connectivity index (χ3n) is 2.94. The minimum atomic E-state index is -0.701. The van der Waals surface area contributed by atoms with Gasteiger partial charge in [-0.2, -0.15) is 0 Å². The molecule has 0 radical (unpaired) electrons. The lowest BCUT2D eigenvalue weighted by Gasteiger charge is -2.27. The van der Waals surface area contributed by atoms with E-state index in [-0.39, 0.29) is 22.5 Å². The first-order valence-corrected chi connectivity index (χ1v) is 6.39. The molecule has 0 saturated heterocycles. The molecule has 1 fully saturated rings. The molecule has 3 nitrogen and oxygen atoms in total. The van der Waals surface area contributed by atoms with Gasteiger partial charge < -0.3 is 11.1 Å². The SMILES string of the molecule is N[C@H]1CCCC(Nc2nc(Br)c(F)cc2F)C1. The van der Waals surface area contributed by atoms with Crippen molar-refractivity contribution < 1.29 is 8.78 Å². The highest BCUT2D eigenvalue weighted by Crippen LogP contribution is 2.24. The van der Waals surface area contributed by atoms with Crippen LogP contribution in [-0.4, -0.2) is 17.1 Å². The van der Waals surface area contributed by atoms with Crippen LogP contribution in [0.25, 0.3) is 0 Å². The fraction of sp³-hybridized carbons (Fsp3) is 0.545.